The molecule has 1 saturated heterocycles. The zero-order chi connectivity index (χ0) is 18.0. The molecular weight excluding hydrogens is 314 g/mol. The van der Waals surface area contributed by atoms with Crippen LogP contribution in [0.2, 0.25) is 0 Å². The molecule has 2 N–H and O–H groups in total. The molecule has 25 heavy (non-hydrogen) atoms. The van der Waals surface area contributed by atoms with Crippen molar-refractivity contribution in [3.63, 3.8) is 0 Å². The topological polar surface area (TPSA) is 72.4 Å². The van der Waals surface area contributed by atoms with E-state index in [2.05, 4.69) is 6.92 Å². The van der Waals surface area contributed by atoms with Crippen LogP contribution >= 0.6 is 0 Å². The maximum absolute atomic E-state index is 11.9. The predicted octanol–water partition coefficient (Wildman–Crippen LogP) is 3.67. The van der Waals surface area contributed by atoms with Gasteiger partial charge in [0.2, 0.25) is 0 Å². The number of nitrogen functional groups attached to an aromatic ring is 1. The quantitative estimate of drug-likeness (QED) is 0.524. The fraction of sp³-hybridized carbons (Fsp3) is 0.400. The summed E-state index contributed by atoms with van der Waals surface area (Å²) in [6, 6.07) is 17.7. The van der Waals surface area contributed by atoms with Gasteiger partial charge in [-0.15, -0.1) is 0 Å². The fourth-order valence-electron chi connectivity index (χ4n) is 3.99. The van der Waals surface area contributed by atoms with Gasteiger partial charge in [-0.3, -0.25) is 10.1 Å². The molecule has 0 spiro atoms. The number of benzene rings is 2. The molecule has 0 radical (unpaired) electrons. The molecule has 0 amide bonds. The van der Waals surface area contributed by atoms with Crippen LogP contribution < -0.4 is 5.73 Å². The van der Waals surface area contributed by atoms with Crippen LogP contribution in [0.15, 0.2) is 54.6 Å². The van der Waals surface area contributed by atoms with Gasteiger partial charge in [0.15, 0.2) is 0 Å². The molecule has 0 saturated carbocycles. The third-order valence-electron chi connectivity index (χ3n) is 5.74. The first-order valence-electron chi connectivity index (χ1n) is 8.69. The van der Waals surface area contributed by atoms with Crippen LogP contribution in [0.4, 0.5) is 5.69 Å². The van der Waals surface area contributed by atoms with Gasteiger partial charge in [-0.05, 0) is 29.7 Å². The Hall–Kier alpha value is -2.40. The van der Waals surface area contributed by atoms with Crippen LogP contribution in [0.3, 0.4) is 0 Å². The van der Waals surface area contributed by atoms with E-state index in [1.165, 1.54) is 0 Å². The SMILES string of the molecule is CC1C([N+](=O)[O-])N(Cc2ccccc2)CCC1(C)c1cccc(N)c1. The average molecular weight is 339 g/mol. The monoisotopic (exact) mass is 339 g/mol. The average Bonchev–Trinajstić information content (AvgIpc) is 2.59. The highest BCUT2D eigenvalue weighted by Gasteiger charge is 2.50. The van der Waals surface area contributed by atoms with Crippen LogP contribution in [0.1, 0.15) is 31.4 Å². The lowest BCUT2D eigenvalue weighted by atomic mass is 9.66. The molecule has 0 aromatic heterocycles. The van der Waals surface area contributed by atoms with E-state index in [4.69, 9.17) is 5.73 Å². The van der Waals surface area contributed by atoms with Crippen molar-refractivity contribution in [2.24, 2.45) is 5.92 Å². The smallest absolute Gasteiger partial charge is 0.272 e. The molecule has 0 aliphatic carbocycles. The predicted molar refractivity (Wildman–Crippen MR) is 99.6 cm³/mol. The Balaban J connectivity index is 1.89. The van der Waals surface area contributed by atoms with E-state index < -0.39 is 6.17 Å². The summed E-state index contributed by atoms with van der Waals surface area (Å²) in [4.78, 5) is 13.8. The minimum absolute atomic E-state index is 0.123. The minimum atomic E-state index is -0.708. The van der Waals surface area contributed by atoms with Crippen LogP contribution in [0.25, 0.3) is 0 Å². The third kappa shape index (κ3) is 3.37. The van der Waals surface area contributed by atoms with Gasteiger partial charge in [0.25, 0.3) is 6.17 Å². The second-order valence-electron chi connectivity index (χ2n) is 7.24. The molecule has 2 aromatic rings. The fourth-order valence-corrected chi connectivity index (χ4v) is 3.99. The lowest BCUT2D eigenvalue weighted by Crippen LogP contribution is -2.57. The van der Waals surface area contributed by atoms with Crippen molar-refractivity contribution in [3.8, 4) is 0 Å². The summed E-state index contributed by atoms with van der Waals surface area (Å²) in [5, 5.41) is 11.9. The summed E-state index contributed by atoms with van der Waals surface area (Å²) < 4.78 is 0. The molecule has 1 fully saturated rings. The first-order valence-corrected chi connectivity index (χ1v) is 8.69. The number of nitro groups is 1. The first kappa shape index (κ1) is 17.4. The lowest BCUT2D eigenvalue weighted by molar-refractivity contribution is -0.567. The number of rotatable bonds is 4. The zero-order valence-corrected chi connectivity index (χ0v) is 14.8. The van der Waals surface area contributed by atoms with Gasteiger partial charge >= 0.3 is 0 Å². The van der Waals surface area contributed by atoms with Crippen molar-refractivity contribution in [1.29, 1.82) is 0 Å². The lowest BCUT2D eigenvalue weighted by Gasteiger charge is -2.46. The standard InChI is InChI=1S/C20H25N3O2/c1-15-19(23(24)25)22(14-16-7-4-3-5-8-16)12-11-20(15,2)17-9-6-10-18(21)13-17/h3-10,13,15,19H,11-12,14,21H2,1-2H3. The van der Waals surface area contributed by atoms with Crippen molar-refractivity contribution in [2.45, 2.75) is 38.4 Å². The summed E-state index contributed by atoms with van der Waals surface area (Å²) in [6.45, 7) is 5.41. The third-order valence-corrected chi connectivity index (χ3v) is 5.74. The first-order chi connectivity index (χ1) is 11.9. The molecule has 0 bridgehead atoms. The molecule has 3 rings (SSSR count). The molecule has 132 valence electrons. The van der Waals surface area contributed by atoms with Crippen molar-refractivity contribution in [1.82, 2.24) is 4.90 Å². The summed E-state index contributed by atoms with van der Waals surface area (Å²) in [5.74, 6) is -0.123. The van der Waals surface area contributed by atoms with E-state index in [1.807, 2.05) is 66.4 Å². The van der Waals surface area contributed by atoms with Crippen molar-refractivity contribution < 1.29 is 4.92 Å². The molecule has 1 aliphatic heterocycles. The van der Waals surface area contributed by atoms with Crippen molar-refractivity contribution >= 4 is 5.69 Å². The molecule has 1 aliphatic rings. The van der Waals surface area contributed by atoms with Crippen LogP contribution in [-0.4, -0.2) is 22.5 Å². The molecule has 3 unspecified atom stereocenters. The van der Waals surface area contributed by atoms with E-state index >= 15 is 0 Å². The second kappa shape index (κ2) is 6.84. The maximum atomic E-state index is 11.9. The molecule has 1 heterocycles. The summed E-state index contributed by atoms with van der Waals surface area (Å²) >= 11 is 0. The Morgan fingerprint density at radius 2 is 1.96 bits per heavy atom. The summed E-state index contributed by atoms with van der Waals surface area (Å²) in [5.41, 5.74) is 8.58. The number of nitrogens with zero attached hydrogens (tertiary/aromatic N) is 2. The number of nitrogens with two attached hydrogens (primary N) is 1. The maximum Gasteiger partial charge on any atom is 0.272 e. The zero-order valence-electron chi connectivity index (χ0n) is 14.8. The highest BCUT2D eigenvalue weighted by molar-refractivity contribution is 5.43. The van der Waals surface area contributed by atoms with E-state index in [0.29, 0.717) is 18.8 Å². The molecule has 5 heteroatoms. The van der Waals surface area contributed by atoms with E-state index in [0.717, 1.165) is 17.5 Å². The van der Waals surface area contributed by atoms with E-state index in [9.17, 15) is 10.1 Å². The van der Waals surface area contributed by atoms with Gasteiger partial charge in [-0.25, -0.2) is 4.90 Å². The normalized spacial score (nSPS) is 27.1. The molecule has 5 nitrogen and oxygen atoms in total. The molecule has 3 atom stereocenters. The van der Waals surface area contributed by atoms with Crippen LogP contribution in [-0.2, 0) is 12.0 Å². The number of anilines is 1. The van der Waals surface area contributed by atoms with E-state index in [-0.39, 0.29) is 16.3 Å². The highest BCUT2D eigenvalue weighted by atomic mass is 16.6. The summed E-state index contributed by atoms with van der Waals surface area (Å²) in [6.07, 6.45) is 0.162. The van der Waals surface area contributed by atoms with Gasteiger partial charge in [0.1, 0.15) is 0 Å². The summed E-state index contributed by atoms with van der Waals surface area (Å²) in [7, 11) is 0. The number of likely N-dealkylation sites (tertiary alicyclic amines) is 1. The number of piperidine rings is 1. The van der Waals surface area contributed by atoms with Crippen molar-refractivity contribution in [3.05, 3.63) is 75.8 Å². The number of hydrogen-bond acceptors (Lipinski definition) is 4. The number of hydrogen-bond donors (Lipinski definition) is 1. The van der Waals surface area contributed by atoms with Gasteiger partial charge in [-0.1, -0.05) is 56.3 Å². The van der Waals surface area contributed by atoms with Gasteiger partial charge < -0.3 is 5.73 Å². The second-order valence-corrected chi connectivity index (χ2v) is 7.24. The Morgan fingerprint density at radius 3 is 2.60 bits per heavy atom. The van der Waals surface area contributed by atoms with Crippen LogP contribution in [0.5, 0.6) is 0 Å². The van der Waals surface area contributed by atoms with Crippen molar-refractivity contribution in [2.75, 3.05) is 12.3 Å². The Kier molecular flexibility index (Phi) is 4.77. The Bertz CT molecular complexity index is 750. The Labute approximate surface area is 148 Å². The van der Waals surface area contributed by atoms with E-state index in [1.54, 1.807) is 0 Å². The van der Waals surface area contributed by atoms with Gasteiger partial charge in [0.05, 0.1) is 0 Å². The largest absolute Gasteiger partial charge is 0.399 e. The minimum Gasteiger partial charge on any atom is -0.399 e. The van der Waals surface area contributed by atoms with Crippen LogP contribution in [0, 0.1) is 16.0 Å². The van der Waals surface area contributed by atoms with Gasteiger partial charge in [-0.2, -0.15) is 0 Å². The molecule has 2 aromatic carbocycles. The highest BCUT2D eigenvalue weighted by Crippen LogP contribution is 2.43. The Morgan fingerprint density at radius 1 is 1.24 bits per heavy atom. The van der Waals surface area contributed by atoms with Gasteiger partial charge in [0, 0.05) is 35.0 Å². The molecular formula is C20H25N3O2.